The van der Waals surface area contributed by atoms with E-state index in [0.717, 1.165) is 65.7 Å². The van der Waals surface area contributed by atoms with Gasteiger partial charge in [-0.15, -0.1) is 0 Å². The lowest BCUT2D eigenvalue weighted by atomic mass is 9.90. The van der Waals surface area contributed by atoms with E-state index in [1.165, 1.54) is 4.90 Å². The molecule has 286 valence electrons. The van der Waals surface area contributed by atoms with Gasteiger partial charge in [0.05, 0.1) is 11.0 Å². The van der Waals surface area contributed by atoms with Crippen LogP contribution in [-0.4, -0.2) is 0 Å². The lowest BCUT2D eigenvalue weighted by Crippen LogP contribution is -2.09. The van der Waals surface area contributed by atoms with Crippen LogP contribution in [0.4, 0.5) is 17.1 Å². The Morgan fingerprint density at radius 3 is 1.26 bits per heavy atom. The van der Waals surface area contributed by atoms with Crippen molar-refractivity contribution in [3.8, 4) is 55.6 Å². The van der Waals surface area contributed by atoms with Gasteiger partial charge >= 0.3 is 0 Å². The van der Waals surface area contributed by atoms with Crippen LogP contribution >= 0.6 is 0 Å². The van der Waals surface area contributed by atoms with E-state index in [-0.39, 0.29) is 46.7 Å². The number of hydrogen-bond acceptors (Lipinski definition) is 1. The second kappa shape index (κ2) is 15.6. The smallest absolute Gasteiger partial charge is 0.0645 e. The van der Waals surface area contributed by atoms with Crippen molar-refractivity contribution in [3.05, 3.63) is 249 Å². The van der Waals surface area contributed by atoms with Gasteiger partial charge in [0.15, 0.2) is 0 Å². The van der Waals surface area contributed by atoms with Gasteiger partial charge in [-0.25, -0.2) is 0 Å². The van der Waals surface area contributed by atoms with E-state index in [9.17, 15) is 11.0 Å². The molecule has 1 heteroatoms. The molecule has 0 unspecified atom stereocenters. The third kappa shape index (κ3) is 6.83. The molecule has 0 aromatic heterocycles. The molecule has 0 aliphatic heterocycles. The first kappa shape index (κ1) is 28.4. The summed E-state index contributed by atoms with van der Waals surface area (Å²) in [5, 5.41) is 6.15. The number of anilines is 3. The van der Waals surface area contributed by atoms with Gasteiger partial charge in [0.25, 0.3) is 0 Å². The van der Waals surface area contributed by atoms with Crippen LogP contribution in [0.3, 0.4) is 0 Å². The van der Waals surface area contributed by atoms with E-state index in [4.69, 9.17) is 0 Å². The zero-order chi connectivity index (χ0) is 47.5. The SMILES string of the molecule is [2H]c1c([2H])c(N(c2ccc(-c3cccc4ccccc34)cc2)c2c([2H])c([2H])c(-c3ccc4ccccc4c3-c3ccccc3)c([2H])c2[2H])c([2H])c([2H])c1-c1ccc(-c2cccc3ccccc23)cc1. The van der Waals surface area contributed by atoms with Crippen LogP contribution < -0.4 is 4.90 Å². The van der Waals surface area contributed by atoms with Crippen molar-refractivity contribution in [1.82, 2.24) is 0 Å². The Morgan fingerprint density at radius 1 is 0.246 bits per heavy atom. The van der Waals surface area contributed by atoms with Crippen LogP contribution in [0.2, 0.25) is 0 Å². The fourth-order valence-electron chi connectivity index (χ4n) is 8.44. The van der Waals surface area contributed by atoms with Gasteiger partial charge < -0.3 is 4.90 Å². The standard InChI is InChI=1S/C60H41N/c1-2-15-50(16-3-1)60-58-21-9-6-14-46(58)34-41-59(60)49-32-39-53(40-33-49)61(52-37-30-48(31-38-52)57-23-11-18-45-13-5-8-20-55(45)57)51-35-28-43(29-36-51)42-24-26-47(27-25-42)56-22-10-17-44-12-4-7-19-54(44)56/h1-41H/i28D,29D,32D,33D,35D,36D,39D,40D. The fraction of sp³-hybridized carbons (Fsp3) is 0. The molecule has 0 aliphatic carbocycles. The predicted molar refractivity (Wildman–Crippen MR) is 261 cm³/mol. The summed E-state index contributed by atoms with van der Waals surface area (Å²) in [7, 11) is 0. The van der Waals surface area contributed by atoms with E-state index in [1.807, 2.05) is 164 Å². The lowest BCUT2D eigenvalue weighted by molar-refractivity contribution is 1.28. The third-order valence-corrected chi connectivity index (χ3v) is 11.4. The largest absolute Gasteiger partial charge is 0.311 e. The summed E-state index contributed by atoms with van der Waals surface area (Å²) in [4.78, 5) is 1.37. The predicted octanol–water partition coefficient (Wildman–Crippen LogP) is 17.0. The monoisotopic (exact) mass is 783 g/mol. The minimum Gasteiger partial charge on any atom is -0.311 e. The van der Waals surface area contributed by atoms with Crippen LogP contribution in [0.1, 0.15) is 11.0 Å². The molecule has 11 aromatic carbocycles. The summed E-state index contributed by atoms with van der Waals surface area (Å²) in [5.74, 6) is 0. The maximum absolute atomic E-state index is 9.77. The van der Waals surface area contributed by atoms with Gasteiger partial charge in [-0.3, -0.25) is 0 Å². The second-order valence-corrected chi connectivity index (χ2v) is 15.0. The molecule has 0 saturated heterocycles. The molecule has 0 saturated carbocycles. The van der Waals surface area contributed by atoms with Crippen molar-refractivity contribution >= 4 is 49.4 Å². The molecule has 0 amide bonds. The Labute approximate surface area is 368 Å². The van der Waals surface area contributed by atoms with Crippen molar-refractivity contribution in [2.24, 2.45) is 0 Å². The Balaban J connectivity index is 1.10. The van der Waals surface area contributed by atoms with E-state index in [2.05, 4.69) is 24.3 Å². The molecule has 0 radical (unpaired) electrons. The van der Waals surface area contributed by atoms with E-state index in [0.29, 0.717) is 16.8 Å². The molecule has 1 nitrogen and oxygen atoms in total. The minimum atomic E-state index is -0.402. The zero-order valence-corrected chi connectivity index (χ0v) is 33.0. The zero-order valence-electron chi connectivity index (χ0n) is 41.0. The van der Waals surface area contributed by atoms with Crippen LogP contribution in [-0.2, 0) is 0 Å². The Hall–Kier alpha value is -8.00. The van der Waals surface area contributed by atoms with E-state index in [1.54, 1.807) is 12.1 Å². The third-order valence-electron chi connectivity index (χ3n) is 11.4. The molecule has 0 N–H and O–H groups in total. The van der Waals surface area contributed by atoms with Crippen LogP contribution in [0.5, 0.6) is 0 Å². The molecule has 0 spiro atoms. The molecule has 0 heterocycles. The molecule has 61 heavy (non-hydrogen) atoms. The van der Waals surface area contributed by atoms with Crippen LogP contribution in [0, 0.1) is 0 Å². The quantitative estimate of drug-likeness (QED) is 0.148. The molecule has 0 bridgehead atoms. The van der Waals surface area contributed by atoms with Gasteiger partial charge in [-0.1, -0.05) is 212 Å². The highest BCUT2D eigenvalue weighted by Gasteiger charge is 2.17. The van der Waals surface area contributed by atoms with Crippen molar-refractivity contribution in [2.45, 2.75) is 0 Å². The molecular weight excluding hydrogens is 735 g/mol. The van der Waals surface area contributed by atoms with Crippen molar-refractivity contribution in [3.63, 3.8) is 0 Å². The minimum absolute atomic E-state index is 0.101. The summed E-state index contributed by atoms with van der Waals surface area (Å²) >= 11 is 0. The Bertz CT molecular complexity index is 3750. The van der Waals surface area contributed by atoms with Gasteiger partial charge in [0, 0.05) is 17.1 Å². The van der Waals surface area contributed by atoms with Gasteiger partial charge in [-0.2, -0.15) is 0 Å². The Kier molecular flexibility index (Phi) is 7.29. The van der Waals surface area contributed by atoms with Gasteiger partial charge in [0.1, 0.15) is 0 Å². The molecule has 0 fully saturated rings. The highest BCUT2D eigenvalue weighted by Crippen LogP contribution is 2.42. The summed E-state index contributed by atoms with van der Waals surface area (Å²) < 4.78 is 77.3. The first-order valence-corrected chi connectivity index (χ1v) is 20.4. The van der Waals surface area contributed by atoms with Gasteiger partial charge in [0.2, 0.25) is 0 Å². The van der Waals surface area contributed by atoms with Gasteiger partial charge in [-0.05, 0) is 124 Å². The second-order valence-electron chi connectivity index (χ2n) is 15.0. The first-order chi connectivity index (χ1) is 33.6. The number of hydrogen-bond donors (Lipinski definition) is 0. The van der Waals surface area contributed by atoms with E-state index >= 15 is 0 Å². The molecule has 0 atom stereocenters. The highest BCUT2D eigenvalue weighted by molar-refractivity contribution is 6.04. The molecular formula is C60H41N. The topological polar surface area (TPSA) is 3.24 Å². The van der Waals surface area contributed by atoms with Crippen LogP contribution in [0.15, 0.2) is 249 Å². The van der Waals surface area contributed by atoms with Crippen LogP contribution in [0.25, 0.3) is 88.0 Å². The molecule has 11 aromatic rings. The number of nitrogens with zero attached hydrogens (tertiary/aromatic N) is 1. The Morgan fingerprint density at radius 2 is 0.689 bits per heavy atom. The summed E-state index contributed by atoms with van der Waals surface area (Å²) in [6.07, 6.45) is 0. The first-order valence-electron chi connectivity index (χ1n) is 24.4. The fourth-order valence-corrected chi connectivity index (χ4v) is 8.44. The van der Waals surface area contributed by atoms with E-state index < -0.39 is 24.2 Å². The molecule has 11 rings (SSSR count). The summed E-state index contributed by atoms with van der Waals surface area (Å²) in [5.41, 5.74) is 6.57. The van der Waals surface area contributed by atoms with Crippen molar-refractivity contribution < 1.29 is 11.0 Å². The maximum atomic E-state index is 9.77. The number of benzene rings is 11. The average Bonchev–Trinajstić information content (AvgIpc) is 3.39. The normalized spacial score (nSPS) is 13.1. The summed E-state index contributed by atoms with van der Waals surface area (Å²) in [6, 6.07) is 61.6. The average molecular weight is 784 g/mol. The van der Waals surface area contributed by atoms with Crippen molar-refractivity contribution in [2.75, 3.05) is 4.90 Å². The number of fused-ring (bicyclic) bond motifs is 3. The van der Waals surface area contributed by atoms with Crippen molar-refractivity contribution in [1.29, 1.82) is 0 Å². The molecule has 0 aliphatic rings. The lowest BCUT2D eigenvalue weighted by Gasteiger charge is -2.26. The highest BCUT2D eigenvalue weighted by atomic mass is 15.1. The maximum Gasteiger partial charge on any atom is 0.0645 e. The summed E-state index contributed by atoms with van der Waals surface area (Å²) in [6.45, 7) is 0. The number of rotatable bonds is 8.